The van der Waals surface area contributed by atoms with E-state index in [9.17, 15) is 0 Å². The number of hydrogen-bond donors (Lipinski definition) is 1. The van der Waals surface area contributed by atoms with Crippen molar-refractivity contribution in [2.75, 3.05) is 30.7 Å². The molecule has 4 aromatic heterocycles. The molecule has 9 nitrogen and oxygen atoms in total. The second kappa shape index (κ2) is 11.7. The van der Waals surface area contributed by atoms with E-state index in [1.807, 2.05) is 35.2 Å². The normalized spacial score (nSPS) is 14.2. The number of methoxy groups -OCH3 is 1. The van der Waals surface area contributed by atoms with Gasteiger partial charge in [-0.2, -0.15) is 0 Å². The summed E-state index contributed by atoms with van der Waals surface area (Å²) in [6, 6.07) is 10.8. The molecule has 1 fully saturated rings. The number of nitrogens with one attached hydrogen (secondary N) is 1. The second-order valence-electron chi connectivity index (χ2n) is 10.8. The van der Waals surface area contributed by atoms with Gasteiger partial charge in [0.1, 0.15) is 17.6 Å². The maximum Gasteiger partial charge on any atom is 0.215 e. The molecule has 0 aliphatic heterocycles. The van der Waals surface area contributed by atoms with E-state index in [0.29, 0.717) is 18.5 Å². The van der Waals surface area contributed by atoms with Crippen LogP contribution >= 0.6 is 11.3 Å². The van der Waals surface area contributed by atoms with Crippen molar-refractivity contribution in [3.63, 3.8) is 0 Å². The Morgan fingerprint density at radius 1 is 1.00 bits per heavy atom. The van der Waals surface area contributed by atoms with Gasteiger partial charge in [-0.1, -0.05) is 43.8 Å². The van der Waals surface area contributed by atoms with Crippen LogP contribution in [0.2, 0.25) is 25.7 Å². The number of ether oxygens (including phenoxy) is 2. The number of rotatable bonds is 11. The van der Waals surface area contributed by atoms with Crippen LogP contribution in [-0.4, -0.2) is 53.7 Å². The van der Waals surface area contributed by atoms with E-state index in [2.05, 4.69) is 45.1 Å². The van der Waals surface area contributed by atoms with Crippen LogP contribution < -0.4 is 15.0 Å². The van der Waals surface area contributed by atoms with Crippen LogP contribution in [-0.2, 0) is 4.74 Å². The van der Waals surface area contributed by atoms with E-state index in [-0.39, 0.29) is 0 Å². The minimum absolute atomic E-state index is 0.380. The lowest BCUT2D eigenvalue weighted by molar-refractivity contribution is 0.153. The Balaban J connectivity index is 1.40. The third-order valence-electron chi connectivity index (χ3n) is 6.62. The van der Waals surface area contributed by atoms with Crippen molar-refractivity contribution in [3.8, 4) is 5.88 Å². The lowest BCUT2D eigenvalue weighted by Crippen LogP contribution is -2.26. The molecule has 0 unspecified atom stereocenters. The molecule has 200 valence electrons. The zero-order valence-corrected chi connectivity index (χ0v) is 24.3. The Hall–Kier alpha value is -3.15. The number of nitrogens with zero attached hydrogens (tertiary/aromatic N) is 6. The van der Waals surface area contributed by atoms with Gasteiger partial charge in [-0.25, -0.2) is 9.97 Å². The lowest BCUT2D eigenvalue weighted by Gasteiger charge is -2.22. The zero-order chi connectivity index (χ0) is 26.5. The third-order valence-corrected chi connectivity index (χ3v) is 9.43. The first kappa shape index (κ1) is 26.5. The van der Waals surface area contributed by atoms with E-state index in [1.54, 1.807) is 30.8 Å². The van der Waals surface area contributed by atoms with E-state index >= 15 is 0 Å². The third kappa shape index (κ3) is 6.64. The highest BCUT2D eigenvalue weighted by atomic mass is 32.1. The summed E-state index contributed by atoms with van der Waals surface area (Å²) in [5.41, 5.74) is 3.26. The minimum Gasteiger partial charge on any atom is -0.481 e. The van der Waals surface area contributed by atoms with E-state index in [1.165, 1.54) is 25.7 Å². The van der Waals surface area contributed by atoms with Gasteiger partial charge in [0.05, 0.1) is 41.9 Å². The molecule has 1 aliphatic carbocycles. The number of aromatic nitrogens is 5. The molecule has 11 heteroatoms. The second-order valence-corrected chi connectivity index (χ2v) is 17.4. The maximum atomic E-state index is 6.16. The average molecular weight is 550 g/mol. The molecule has 1 aliphatic rings. The van der Waals surface area contributed by atoms with E-state index in [4.69, 9.17) is 14.5 Å². The van der Waals surface area contributed by atoms with Crippen LogP contribution in [0.1, 0.15) is 36.6 Å². The SMILES string of the molecule is COc1ccc(Nc2cnc3ccc(N(COCC[Si](C)(C)C)c4nnc(C5CCCC5)s4)nc3c2)cn1. The van der Waals surface area contributed by atoms with Gasteiger partial charge in [-0.05, 0) is 43.2 Å². The van der Waals surface area contributed by atoms with E-state index < -0.39 is 8.07 Å². The first-order valence-corrected chi connectivity index (χ1v) is 17.6. The van der Waals surface area contributed by atoms with E-state index in [0.717, 1.165) is 51.0 Å². The molecule has 0 saturated heterocycles. The highest BCUT2D eigenvalue weighted by molar-refractivity contribution is 7.15. The van der Waals surface area contributed by atoms with Gasteiger partial charge in [0, 0.05) is 26.7 Å². The fourth-order valence-corrected chi connectivity index (χ4v) is 6.15. The monoisotopic (exact) mass is 549 g/mol. The predicted molar refractivity (Wildman–Crippen MR) is 156 cm³/mol. The molecular formula is C27H35N7O2SSi. The van der Waals surface area contributed by atoms with Gasteiger partial charge in [-0.3, -0.25) is 9.88 Å². The quantitative estimate of drug-likeness (QED) is 0.124. The molecule has 4 heterocycles. The van der Waals surface area contributed by atoms with Crippen molar-refractivity contribution >= 4 is 52.8 Å². The van der Waals surface area contributed by atoms with Gasteiger partial charge in [-0.15, -0.1) is 10.2 Å². The molecule has 0 atom stereocenters. The van der Waals surface area contributed by atoms with Gasteiger partial charge in [0.25, 0.3) is 0 Å². The molecule has 1 saturated carbocycles. The lowest BCUT2D eigenvalue weighted by atomic mass is 10.1. The van der Waals surface area contributed by atoms with Crippen molar-refractivity contribution in [1.82, 2.24) is 25.1 Å². The molecule has 0 spiro atoms. The summed E-state index contributed by atoms with van der Waals surface area (Å²) in [6.45, 7) is 8.18. The van der Waals surface area contributed by atoms with Crippen LogP contribution in [0.5, 0.6) is 5.88 Å². The summed E-state index contributed by atoms with van der Waals surface area (Å²) in [5, 5.41) is 14.4. The molecule has 4 aromatic rings. The van der Waals surface area contributed by atoms with Crippen molar-refractivity contribution in [2.24, 2.45) is 0 Å². The number of anilines is 4. The molecular weight excluding hydrogens is 514 g/mol. The van der Waals surface area contributed by atoms with Crippen LogP contribution in [0, 0.1) is 0 Å². The Morgan fingerprint density at radius 3 is 2.55 bits per heavy atom. The van der Waals surface area contributed by atoms with Gasteiger partial charge in [0.15, 0.2) is 0 Å². The summed E-state index contributed by atoms with van der Waals surface area (Å²) in [5.74, 6) is 1.86. The van der Waals surface area contributed by atoms with Crippen LogP contribution in [0.4, 0.5) is 22.3 Å². The average Bonchev–Trinajstić information content (AvgIpc) is 3.61. The summed E-state index contributed by atoms with van der Waals surface area (Å²) in [4.78, 5) is 15.9. The molecule has 38 heavy (non-hydrogen) atoms. The number of hydrogen-bond acceptors (Lipinski definition) is 10. The summed E-state index contributed by atoms with van der Waals surface area (Å²) in [7, 11) is 0.408. The highest BCUT2D eigenvalue weighted by Crippen LogP contribution is 2.38. The van der Waals surface area contributed by atoms with Crippen molar-refractivity contribution in [3.05, 3.63) is 47.7 Å². The van der Waals surface area contributed by atoms with Gasteiger partial charge >= 0.3 is 0 Å². The Kier molecular flexibility index (Phi) is 8.15. The summed E-state index contributed by atoms with van der Waals surface area (Å²) in [6.07, 6.45) is 8.45. The van der Waals surface area contributed by atoms with Crippen LogP contribution in [0.25, 0.3) is 11.0 Å². The Labute approximate surface area is 228 Å². The zero-order valence-electron chi connectivity index (χ0n) is 22.5. The van der Waals surface area contributed by atoms with Crippen molar-refractivity contribution < 1.29 is 9.47 Å². The summed E-state index contributed by atoms with van der Waals surface area (Å²) < 4.78 is 11.3. The molecule has 0 amide bonds. The van der Waals surface area contributed by atoms with Crippen LogP contribution in [0.3, 0.4) is 0 Å². The van der Waals surface area contributed by atoms with Gasteiger partial charge < -0.3 is 14.8 Å². The molecule has 0 radical (unpaired) electrons. The van der Waals surface area contributed by atoms with Crippen molar-refractivity contribution in [1.29, 1.82) is 0 Å². The fourth-order valence-electron chi connectivity index (χ4n) is 4.38. The fraction of sp³-hybridized carbons (Fsp3) is 0.444. The molecule has 0 aromatic carbocycles. The summed E-state index contributed by atoms with van der Waals surface area (Å²) >= 11 is 1.66. The largest absolute Gasteiger partial charge is 0.481 e. The number of fused-ring (bicyclic) bond motifs is 1. The Bertz CT molecular complexity index is 1350. The first-order chi connectivity index (χ1) is 18.4. The standard InChI is InChI=1S/C27H35N7O2SSi/c1-35-25-12-9-20(16-29-25)30-21-15-23-22(28-17-21)10-11-24(31-23)34(18-36-13-14-38(2,3)4)27-33-32-26(37-27)19-7-5-6-8-19/h9-12,15-17,19,30H,5-8,13-14,18H2,1-4H3. The van der Waals surface area contributed by atoms with Gasteiger partial charge in [0.2, 0.25) is 11.0 Å². The predicted octanol–water partition coefficient (Wildman–Crippen LogP) is 6.74. The van der Waals surface area contributed by atoms with Crippen LogP contribution in [0.15, 0.2) is 42.7 Å². The highest BCUT2D eigenvalue weighted by Gasteiger charge is 2.24. The topological polar surface area (TPSA) is 98.2 Å². The molecule has 0 bridgehead atoms. The maximum absolute atomic E-state index is 6.16. The van der Waals surface area contributed by atoms with Crippen molar-refractivity contribution in [2.45, 2.75) is 57.3 Å². The molecule has 5 rings (SSSR count). The molecule has 1 N–H and O–H groups in total. The minimum atomic E-state index is -1.19. The number of pyridine rings is 3. The first-order valence-electron chi connectivity index (χ1n) is 13.1. The Morgan fingerprint density at radius 2 is 1.82 bits per heavy atom. The smallest absolute Gasteiger partial charge is 0.215 e.